The smallest absolute Gasteiger partial charge is 0.460 e. The minimum absolute atomic E-state index is 0.294. The van der Waals surface area contributed by atoms with Crippen LogP contribution < -0.4 is 0 Å². The number of hydrogen-bond donors (Lipinski definition) is 0. The summed E-state index contributed by atoms with van der Waals surface area (Å²) in [6.07, 6.45) is 8.20. The second-order valence-corrected chi connectivity index (χ2v) is 9.97. The van der Waals surface area contributed by atoms with Crippen LogP contribution in [0.5, 0.6) is 0 Å². The molecule has 0 aliphatic carbocycles. The lowest BCUT2D eigenvalue weighted by molar-refractivity contribution is -0.153. The SMILES string of the molecule is CCCC/C=C/C(=C(/CC(C)(C)OC(C)=O)B1OC(C)(C)C(C)(C)O1)c1ccccc1. The van der Waals surface area contributed by atoms with Gasteiger partial charge in [-0.05, 0) is 64.6 Å². The van der Waals surface area contributed by atoms with Gasteiger partial charge < -0.3 is 14.0 Å². The molecule has 0 saturated carbocycles. The van der Waals surface area contributed by atoms with E-state index in [2.05, 4.69) is 58.9 Å². The van der Waals surface area contributed by atoms with Crippen LogP contribution in [0, 0.1) is 0 Å². The molecule has 0 N–H and O–H groups in total. The summed E-state index contributed by atoms with van der Waals surface area (Å²) < 4.78 is 18.6. The van der Waals surface area contributed by atoms with Crippen molar-refractivity contribution in [2.45, 2.75) is 97.9 Å². The van der Waals surface area contributed by atoms with Crippen LogP contribution in [0.4, 0.5) is 0 Å². The number of allylic oxidation sites excluding steroid dienone is 3. The molecule has 0 bridgehead atoms. The maximum Gasteiger partial charge on any atom is 0.491 e. The molecule has 1 heterocycles. The second-order valence-electron chi connectivity index (χ2n) is 9.97. The topological polar surface area (TPSA) is 44.8 Å². The fraction of sp³-hybridized carbons (Fsp3) is 0.577. The van der Waals surface area contributed by atoms with Crippen molar-refractivity contribution in [1.29, 1.82) is 0 Å². The van der Waals surface area contributed by atoms with E-state index in [0.29, 0.717) is 6.42 Å². The zero-order valence-electron chi connectivity index (χ0n) is 20.6. The van der Waals surface area contributed by atoms with Crippen LogP contribution in [-0.4, -0.2) is 29.9 Å². The van der Waals surface area contributed by atoms with Gasteiger partial charge in [-0.3, -0.25) is 4.79 Å². The highest BCUT2D eigenvalue weighted by atomic mass is 16.7. The van der Waals surface area contributed by atoms with Gasteiger partial charge in [0.1, 0.15) is 5.60 Å². The molecule has 0 radical (unpaired) electrons. The molecule has 0 atom stereocenters. The normalized spacial score (nSPS) is 18.9. The number of esters is 1. The first-order chi connectivity index (χ1) is 14.4. The van der Waals surface area contributed by atoms with Gasteiger partial charge in [-0.25, -0.2) is 0 Å². The first-order valence-electron chi connectivity index (χ1n) is 11.4. The highest BCUT2D eigenvalue weighted by molar-refractivity contribution is 6.56. The van der Waals surface area contributed by atoms with Crippen LogP contribution in [0.3, 0.4) is 0 Å². The molecule has 1 aliphatic heterocycles. The molecular formula is C26H39BO4. The molecule has 0 aromatic heterocycles. The van der Waals surface area contributed by atoms with Gasteiger partial charge in [0, 0.05) is 13.3 Å². The fourth-order valence-electron chi connectivity index (χ4n) is 3.70. The van der Waals surface area contributed by atoms with Gasteiger partial charge in [0.25, 0.3) is 0 Å². The van der Waals surface area contributed by atoms with Gasteiger partial charge >= 0.3 is 13.1 Å². The minimum Gasteiger partial charge on any atom is -0.460 e. The van der Waals surface area contributed by atoms with E-state index in [1.165, 1.54) is 6.92 Å². The summed E-state index contributed by atoms with van der Waals surface area (Å²) in [7, 11) is -0.522. The van der Waals surface area contributed by atoms with Gasteiger partial charge in [0.15, 0.2) is 0 Å². The number of carbonyl (C=O) groups excluding carboxylic acids is 1. The summed E-state index contributed by atoms with van der Waals surface area (Å²) in [6, 6.07) is 10.3. The van der Waals surface area contributed by atoms with Crippen LogP contribution in [0.1, 0.15) is 86.6 Å². The van der Waals surface area contributed by atoms with Crippen LogP contribution in [-0.2, 0) is 18.8 Å². The Morgan fingerprint density at radius 1 is 1.10 bits per heavy atom. The summed E-state index contributed by atoms with van der Waals surface area (Å²) in [4.78, 5) is 11.7. The Morgan fingerprint density at radius 2 is 1.68 bits per heavy atom. The number of rotatable bonds is 9. The third-order valence-electron chi connectivity index (χ3n) is 6.01. The highest BCUT2D eigenvalue weighted by Crippen LogP contribution is 2.42. The summed E-state index contributed by atoms with van der Waals surface area (Å²) >= 11 is 0. The number of ether oxygens (including phenoxy) is 1. The zero-order chi connectivity index (χ0) is 23.3. The van der Waals surface area contributed by atoms with Crippen LogP contribution in [0.15, 0.2) is 48.0 Å². The molecule has 1 saturated heterocycles. The van der Waals surface area contributed by atoms with Crippen molar-refractivity contribution in [3.8, 4) is 0 Å². The van der Waals surface area contributed by atoms with E-state index >= 15 is 0 Å². The Kier molecular flexibility index (Phi) is 8.35. The summed E-state index contributed by atoms with van der Waals surface area (Å²) in [6.45, 7) is 15.7. The quantitative estimate of drug-likeness (QED) is 0.194. The lowest BCUT2D eigenvalue weighted by Gasteiger charge is -2.32. The Bertz CT molecular complexity index is 790. The highest BCUT2D eigenvalue weighted by Gasteiger charge is 2.53. The first kappa shape index (κ1) is 25.4. The fourth-order valence-corrected chi connectivity index (χ4v) is 3.70. The van der Waals surface area contributed by atoms with Crippen molar-refractivity contribution >= 4 is 18.7 Å². The van der Waals surface area contributed by atoms with Crippen LogP contribution in [0.2, 0.25) is 0 Å². The van der Waals surface area contributed by atoms with Crippen molar-refractivity contribution in [3.63, 3.8) is 0 Å². The van der Waals surface area contributed by atoms with Crippen LogP contribution >= 0.6 is 0 Å². The minimum atomic E-state index is -0.692. The molecule has 0 unspecified atom stereocenters. The standard InChI is InChI=1S/C26H39BO4/c1-9-10-11-15-18-22(21-16-13-12-14-17-21)23(19-24(3,4)29-20(2)28)27-30-25(5,6)26(7,8)31-27/h12-18H,9-11,19H2,1-8H3/b18-15+,23-22+. The summed E-state index contributed by atoms with van der Waals surface area (Å²) in [5.74, 6) is -0.294. The zero-order valence-corrected chi connectivity index (χ0v) is 20.6. The summed E-state index contributed by atoms with van der Waals surface area (Å²) in [5, 5.41) is 0. The molecule has 1 aromatic carbocycles. The molecule has 4 nitrogen and oxygen atoms in total. The van der Waals surface area contributed by atoms with Gasteiger partial charge in [-0.2, -0.15) is 0 Å². The number of carbonyl (C=O) groups is 1. The van der Waals surface area contributed by atoms with E-state index in [-0.39, 0.29) is 5.97 Å². The Morgan fingerprint density at radius 3 is 2.19 bits per heavy atom. The Hall–Kier alpha value is -1.85. The average molecular weight is 426 g/mol. The van der Waals surface area contributed by atoms with E-state index in [1.807, 2.05) is 32.0 Å². The monoisotopic (exact) mass is 426 g/mol. The van der Waals surface area contributed by atoms with Gasteiger partial charge in [-0.15, -0.1) is 0 Å². The largest absolute Gasteiger partial charge is 0.491 e. The van der Waals surface area contributed by atoms with Gasteiger partial charge in [0.2, 0.25) is 0 Å². The second kappa shape index (κ2) is 10.2. The van der Waals surface area contributed by atoms with E-state index < -0.39 is 23.9 Å². The predicted molar refractivity (Wildman–Crippen MR) is 129 cm³/mol. The predicted octanol–water partition coefficient (Wildman–Crippen LogP) is 6.55. The van der Waals surface area contributed by atoms with Gasteiger partial charge in [-0.1, -0.05) is 62.2 Å². The van der Waals surface area contributed by atoms with Crippen molar-refractivity contribution < 1.29 is 18.8 Å². The lowest BCUT2D eigenvalue weighted by atomic mass is 9.69. The molecule has 170 valence electrons. The van der Waals surface area contributed by atoms with Crippen molar-refractivity contribution in [2.75, 3.05) is 0 Å². The Balaban J connectivity index is 2.60. The summed E-state index contributed by atoms with van der Waals surface area (Å²) in [5.41, 5.74) is 1.55. The van der Waals surface area contributed by atoms with Gasteiger partial charge in [0.05, 0.1) is 11.2 Å². The van der Waals surface area contributed by atoms with Crippen molar-refractivity contribution in [1.82, 2.24) is 0 Å². The van der Waals surface area contributed by atoms with Crippen molar-refractivity contribution in [3.05, 3.63) is 53.5 Å². The molecule has 0 spiro atoms. The molecule has 1 aliphatic rings. The number of benzene rings is 1. The molecule has 1 fully saturated rings. The van der Waals surface area contributed by atoms with E-state index in [1.54, 1.807) is 0 Å². The van der Waals surface area contributed by atoms with Crippen molar-refractivity contribution in [2.24, 2.45) is 0 Å². The maximum atomic E-state index is 11.7. The molecule has 2 rings (SSSR count). The number of hydrogen-bond acceptors (Lipinski definition) is 4. The third-order valence-corrected chi connectivity index (χ3v) is 6.01. The Labute approximate surface area is 189 Å². The first-order valence-corrected chi connectivity index (χ1v) is 11.4. The number of unbranched alkanes of at least 4 members (excludes halogenated alkanes) is 2. The third kappa shape index (κ3) is 6.82. The molecule has 1 aromatic rings. The van der Waals surface area contributed by atoms with Crippen LogP contribution in [0.25, 0.3) is 5.57 Å². The molecular weight excluding hydrogens is 387 g/mol. The molecule has 0 amide bonds. The molecule has 5 heteroatoms. The average Bonchev–Trinajstić information content (AvgIpc) is 2.87. The van der Waals surface area contributed by atoms with E-state index in [0.717, 1.165) is 35.9 Å². The van der Waals surface area contributed by atoms with E-state index in [4.69, 9.17) is 14.0 Å². The molecule has 31 heavy (non-hydrogen) atoms. The lowest BCUT2D eigenvalue weighted by Crippen LogP contribution is -2.41. The van der Waals surface area contributed by atoms with E-state index in [9.17, 15) is 4.79 Å². The maximum absolute atomic E-state index is 11.7.